The number of rotatable bonds is 0. The molecule has 0 aromatic rings. The van der Waals surface area contributed by atoms with E-state index in [4.69, 9.17) is 5.84 Å². The molecule has 2 unspecified atom stereocenters. The van der Waals surface area contributed by atoms with Gasteiger partial charge in [0, 0.05) is 13.1 Å². The molecule has 70 valence electrons. The summed E-state index contributed by atoms with van der Waals surface area (Å²) in [5, 5.41) is 9.36. The van der Waals surface area contributed by atoms with Crippen LogP contribution in [-0.2, 0) is 0 Å². The van der Waals surface area contributed by atoms with E-state index in [1.54, 1.807) is 4.90 Å². The summed E-state index contributed by atoms with van der Waals surface area (Å²) < 4.78 is 0. The van der Waals surface area contributed by atoms with Crippen LogP contribution in [0, 0.1) is 5.92 Å². The zero-order valence-electron chi connectivity index (χ0n) is 7.16. The average Bonchev–Trinajstić information content (AvgIpc) is 2.08. The van der Waals surface area contributed by atoms with E-state index in [1.165, 1.54) is 0 Å². The quantitative estimate of drug-likeness (QED) is 0.257. The normalized spacial score (nSPS) is 30.1. The first-order valence-electron chi connectivity index (χ1n) is 4.08. The van der Waals surface area contributed by atoms with Gasteiger partial charge in [0.1, 0.15) is 0 Å². The molecule has 1 aliphatic heterocycles. The summed E-state index contributed by atoms with van der Waals surface area (Å²) in [7, 11) is 0. The zero-order chi connectivity index (χ0) is 9.14. The number of amides is 2. The summed E-state index contributed by atoms with van der Waals surface area (Å²) in [5.41, 5.74) is 2.08. The van der Waals surface area contributed by atoms with Crippen molar-refractivity contribution in [1.82, 2.24) is 10.3 Å². The minimum Gasteiger partial charge on any atom is -0.393 e. The Morgan fingerprint density at radius 3 is 2.92 bits per heavy atom. The lowest BCUT2D eigenvalue weighted by Gasteiger charge is -2.33. The number of likely N-dealkylation sites (tertiary alicyclic amines) is 1. The lowest BCUT2D eigenvalue weighted by atomic mass is 9.97. The van der Waals surface area contributed by atoms with Crippen molar-refractivity contribution in [2.45, 2.75) is 19.4 Å². The molecule has 5 heteroatoms. The van der Waals surface area contributed by atoms with E-state index in [1.807, 2.05) is 6.92 Å². The smallest absolute Gasteiger partial charge is 0.331 e. The Morgan fingerprint density at radius 1 is 1.75 bits per heavy atom. The van der Waals surface area contributed by atoms with Gasteiger partial charge in [-0.1, -0.05) is 6.92 Å². The van der Waals surface area contributed by atoms with Crippen LogP contribution in [0.25, 0.3) is 0 Å². The molecule has 0 radical (unpaired) electrons. The predicted octanol–water partition coefficient (Wildman–Crippen LogP) is -0.728. The highest BCUT2D eigenvalue weighted by Gasteiger charge is 2.26. The van der Waals surface area contributed by atoms with Gasteiger partial charge < -0.3 is 10.0 Å². The van der Waals surface area contributed by atoms with Gasteiger partial charge in [0.05, 0.1) is 6.10 Å². The van der Waals surface area contributed by atoms with Gasteiger partial charge in [0.25, 0.3) is 0 Å². The Labute approximate surface area is 71.5 Å². The number of hydrogen-bond acceptors (Lipinski definition) is 3. The van der Waals surface area contributed by atoms with Gasteiger partial charge in [-0.25, -0.2) is 10.6 Å². The lowest BCUT2D eigenvalue weighted by molar-refractivity contribution is 0.0481. The van der Waals surface area contributed by atoms with Crippen LogP contribution >= 0.6 is 0 Å². The number of piperidine rings is 1. The van der Waals surface area contributed by atoms with Gasteiger partial charge in [0.2, 0.25) is 0 Å². The van der Waals surface area contributed by atoms with Gasteiger partial charge in [-0.3, -0.25) is 5.43 Å². The van der Waals surface area contributed by atoms with Crippen LogP contribution in [0.1, 0.15) is 13.3 Å². The summed E-state index contributed by atoms with van der Waals surface area (Å²) in [6.07, 6.45) is 0.348. The van der Waals surface area contributed by atoms with Crippen molar-refractivity contribution in [3.8, 4) is 0 Å². The maximum atomic E-state index is 11.0. The summed E-state index contributed by atoms with van der Waals surface area (Å²) in [6, 6.07) is -0.270. The fraction of sp³-hybridized carbons (Fsp3) is 0.857. The Balaban J connectivity index is 2.45. The molecule has 0 aromatic heterocycles. The second-order valence-electron chi connectivity index (χ2n) is 3.23. The molecule has 4 N–H and O–H groups in total. The van der Waals surface area contributed by atoms with E-state index in [0.29, 0.717) is 19.5 Å². The maximum Gasteiger partial charge on any atom is 0.331 e. The molecule has 1 aliphatic rings. The van der Waals surface area contributed by atoms with Crippen LogP contribution in [0.3, 0.4) is 0 Å². The number of nitrogens with two attached hydrogens (primary N) is 1. The van der Waals surface area contributed by atoms with E-state index in [9.17, 15) is 9.90 Å². The highest BCUT2D eigenvalue weighted by molar-refractivity contribution is 5.73. The monoisotopic (exact) mass is 173 g/mol. The van der Waals surface area contributed by atoms with Crippen molar-refractivity contribution in [3.05, 3.63) is 0 Å². The molecule has 0 saturated carbocycles. The van der Waals surface area contributed by atoms with E-state index in [-0.39, 0.29) is 18.1 Å². The third kappa shape index (κ3) is 1.86. The Morgan fingerprint density at radius 2 is 2.42 bits per heavy atom. The van der Waals surface area contributed by atoms with Crippen LogP contribution in [0.5, 0.6) is 0 Å². The van der Waals surface area contributed by atoms with Crippen molar-refractivity contribution >= 4 is 6.03 Å². The Kier molecular flexibility index (Phi) is 2.88. The van der Waals surface area contributed by atoms with Crippen LogP contribution in [0.4, 0.5) is 4.79 Å². The fourth-order valence-corrected chi connectivity index (χ4v) is 1.41. The number of nitrogens with zero attached hydrogens (tertiary/aromatic N) is 1. The second-order valence-corrected chi connectivity index (χ2v) is 3.23. The maximum absolute atomic E-state index is 11.0. The number of aliphatic hydroxyl groups excluding tert-OH is 1. The molecule has 2 atom stereocenters. The minimum absolute atomic E-state index is 0.135. The van der Waals surface area contributed by atoms with Gasteiger partial charge >= 0.3 is 6.03 Å². The molecule has 1 rings (SSSR count). The Bertz CT molecular complexity index is 174. The first kappa shape index (κ1) is 9.28. The fourth-order valence-electron chi connectivity index (χ4n) is 1.41. The molecule has 1 fully saturated rings. The molecular formula is C7H15N3O2. The first-order valence-corrected chi connectivity index (χ1v) is 4.08. The van der Waals surface area contributed by atoms with Gasteiger partial charge in [-0.15, -0.1) is 0 Å². The molecule has 0 aromatic carbocycles. The second kappa shape index (κ2) is 3.73. The zero-order valence-corrected chi connectivity index (χ0v) is 7.16. The van der Waals surface area contributed by atoms with Crippen molar-refractivity contribution < 1.29 is 9.90 Å². The molecule has 1 heterocycles. The third-order valence-electron chi connectivity index (χ3n) is 2.27. The molecule has 0 spiro atoms. The highest BCUT2D eigenvalue weighted by Crippen LogP contribution is 2.15. The van der Waals surface area contributed by atoms with Crippen molar-refractivity contribution in [3.63, 3.8) is 0 Å². The highest BCUT2D eigenvalue weighted by atomic mass is 16.3. The number of carbonyl (C=O) groups is 1. The van der Waals surface area contributed by atoms with E-state index < -0.39 is 0 Å². The summed E-state index contributed by atoms with van der Waals surface area (Å²) >= 11 is 0. The number of carbonyl (C=O) groups excluding carboxylic acids is 1. The summed E-state index contributed by atoms with van der Waals surface area (Å²) in [5.74, 6) is 5.11. The molecule has 1 saturated heterocycles. The molecule has 12 heavy (non-hydrogen) atoms. The summed E-state index contributed by atoms with van der Waals surface area (Å²) in [6.45, 7) is 3.07. The van der Waals surface area contributed by atoms with Gasteiger partial charge in [0.15, 0.2) is 0 Å². The lowest BCUT2D eigenvalue weighted by Crippen LogP contribution is -2.50. The molecular weight excluding hydrogens is 158 g/mol. The molecule has 0 aliphatic carbocycles. The van der Waals surface area contributed by atoms with Crippen molar-refractivity contribution in [2.75, 3.05) is 13.1 Å². The average molecular weight is 173 g/mol. The third-order valence-corrected chi connectivity index (χ3v) is 2.27. The predicted molar refractivity (Wildman–Crippen MR) is 44.1 cm³/mol. The Hall–Kier alpha value is -0.810. The molecule has 2 amide bonds. The van der Waals surface area contributed by atoms with E-state index in [0.717, 1.165) is 0 Å². The summed E-state index contributed by atoms with van der Waals surface area (Å²) in [4.78, 5) is 12.6. The molecule has 5 nitrogen and oxygen atoms in total. The number of urea groups is 1. The van der Waals surface area contributed by atoms with Crippen LogP contribution in [0.2, 0.25) is 0 Å². The van der Waals surface area contributed by atoms with Crippen molar-refractivity contribution in [1.29, 1.82) is 0 Å². The first-order chi connectivity index (χ1) is 5.65. The standard InChI is InChI=1S/C7H15N3O2/c1-5-4-10(7(12)9-8)3-2-6(5)11/h5-6,11H,2-4,8H2,1H3,(H,9,12). The largest absolute Gasteiger partial charge is 0.393 e. The van der Waals surface area contributed by atoms with Gasteiger partial charge in [-0.05, 0) is 12.3 Å². The topological polar surface area (TPSA) is 78.6 Å². The van der Waals surface area contributed by atoms with Crippen LogP contribution in [-0.4, -0.2) is 35.2 Å². The number of hydrogen-bond donors (Lipinski definition) is 3. The van der Waals surface area contributed by atoms with Crippen molar-refractivity contribution in [2.24, 2.45) is 11.8 Å². The van der Waals surface area contributed by atoms with Gasteiger partial charge in [-0.2, -0.15) is 0 Å². The number of aliphatic hydroxyl groups is 1. The number of hydrazine groups is 1. The van der Waals surface area contributed by atoms with E-state index in [2.05, 4.69) is 5.43 Å². The van der Waals surface area contributed by atoms with E-state index >= 15 is 0 Å². The molecule has 0 bridgehead atoms. The van der Waals surface area contributed by atoms with Crippen LogP contribution < -0.4 is 11.3 Å². The van der Waals surface area contributed by atoms with Crippen LogP contribution in [0.15, 0.2) is 0 Å². The number of nitrogens with one attached hydrogen (secondary N) is 1. The minimum atomic E-state index is -0.285. The SMILES string of the molecule is CC1CN(C(=O)NN)CCC1O.